The number of hydrogen-bond donors (Lipinski definition) is 1. The first kappa shape index (κ1) is 16.2. The first-order valence-electron chi connectivity index (χ1n) is 6.66. The number of hydrogen-bond acceptors (Lipinski definition) is 5. The van der Waals surface area contributed by atoms with Crippen LogP contribution in [-0.4, -0.2) is 31.7 Å². The van der Waals surface area contributed by atoms with Crippen LogP contribution in [0, 0.1) is 12.7 Å². The molecule has 0 aliphatic rings. The SMILES string of the molecule is COc1cc(F)c(C(=O)NCCc2csc(C)n2)cc1OC. The van der Waals surface area contributed by atoms with Gasteiger partial charge >= 0.3 is 0 Å². The highest BCUT2D eigenvalue weighted by molar-refractivity contribution is 7.09. The molecule has 1 heterocycles. The number of halogens is 1. The standard InChI is InChI=1S/C15H17FN2O3S/c1-9-18-10(8-22-9)4-5-17-15(19)11-6-13(20-2)14(21-3)7-12(11)16/h6-8H,4-5H2,1-3H3,(H,17,19). The van der Waals surface area contributed by atoms with E-state index in [9.17, 15) is 9.18 Å². The fraction of sp³-hybridized carbons (Fsp3) is 0.333. The third kappa shape index (κ3) is 3.73. The Kier molecular flexibility index (Phi) is 5.32. The second kappa shape index (κ2) is 7.22. The molecule has 1 amide bonds. The van der Waals surface area contributed by atoms with E-state index in [-0.39, 0.29) is 11.3 Å². The van der Waals surface area contributed by atoms with Crippen molar-refractivity contribution in [1.29, 1.82) is 0 Å². The van der Waals surface area contributed by atoms with Crippen molar-refractivity contribution in [2.75, 3.05) is 20.8 Å². The minimum Gasteiger partial charge on any atom is -0.493 e. The lowest BCUT2D eigenvalue weighted by Gasteiger charge is -2.11. The van der Waals surface area contributed by atoms with Gasteiger partial charge in [-0.05, 0) is 13.0 Å². The van der Waals surface area contributed by atoms with Gasteiger partial charge in [0.05, 0.1) is 30.5 Å². The number of rotatable bonds is 6. The van der Waals surface area contributed by atoms with E-state index in [4.69, 9.17) is 9.47 Å². The van der Waals surface area contributed by atoms with E-state index >= 15 is 0 Å². The first-order valence-corrected chi connectivity index (χ1v) is 7.54. The average Bonchev–Trinajstić information content (AvgIpc) is 2.92. The van der Waals surface area contributed by atoms with Crippen molar-refractivity contribution in [3.05, 3.63) is 39.6 Å². The predicted octanol–water partition coefficient (Wildman–Crippen LogP) is 2.58. The Morgan fingerprint density at radius 3 is 2.59 bits per heavy atom. The summed E-state index contributed by atoms with van der Waals surface area (Å²) in [4.78, 5) is 16.4. The molecule has 0 atom stereocenters. The lowest BCUT2D eigenvalue weighted by atomic mass is 10.1. The molecule has 2 aromatic rings. The number of ether oxygens (including phenoxy) is 2. The van der Waals surface area contributed by atoms with Gasteiger partial charge in [0.15, 0.2) is 11.5 Å². The zero-order chi connectivity index (χ0) is 16.1. The summed E-state index contributed by atoms with van der Waals surface area (Å²) in [6.07, 6.45) is 0.602. The monoisotopic (exact) mass is 324 g/mol. The van der Waals surface area contributed by atoms with Gasteiger partial charge in [-0.3, -0.25) is 4.79 Å². The number of aryl methyl sites for hydroxylation is 1. The number of carbonyl (C=O) groups excluding carboxylic acids is 1. The van der Waals surface area contributed by atoms with Gasteiger partial charge in [-0.25, -0.2) is 9.37 Å². The Bertz CT molecular complexity index is 673. The van der Waals surface area contributed by atoms with E-state index in [1.807, 2.05) is 12.3 Å². The van der Waals surface area contributed by atoms with Crippen molar-refractivity contribution >= 4 is 17.2 Å². The maximum absolute atomic E-state index is 14.0. The van der Waals surface area contributed by atoms with Crippen molar-refractivity contribution < 1.29 is 18.7 Å². The number of thiazole rings is 1. The second-order valence-electron chi connectivity index (χ2n) is 4.55. The number of carbonyl (C=O) groups is 1. The summed E-state index contributed by atoms with van der Waals surface area (Å²) in [5, 5.41) is 5.60. The van der Waals surface area contributed by atoms with Gasteiger partial charge in [0.2, 0.25) is 0 Å². The summed E-state index contributed by atoms with van der Waals surface area (Å²) in [6, 6.07) is 2.47. The molecule has 1 aromatic carbocycles. The van der Waals surface area contributed by atoms with Crippen LogP contribution in [0.2, 0.25) is 0 Å². The Hall–Kier alpha value is -2.15. The molecule has 22 heavy (non-hydrogen) atoms. The molecular weight excluding hydrogens is 307 g/mol. The highest BCUT2D eigenvalue weighted by Crippen LogP contribution is 2.29. The van der Waals surface area contributed by atoms with E-state index in [1.165, 1.54) is 20.3 Å². The number of benzene rings is 1. The molecule has 1 N–H and O–H groups in total. The van der Waals surface area contributed by atoms with E-state index in [1.54, 1.807) is 11.3 Å². The number of nitrogens with zero attached hydrogens (tertiary/aromatic N) is 1. The molecule has 118 valence electrons. The first-order chi connectivity index (χ1) is 10.5. The number of aromatic nitrogens is 1. The third-order valence-electron chi connectivity index (χ3n) is 3.05. The molecule has 2 rings (SSSR count). The Balaban J connectivity index is 2.02. The van der Waals surface area contributed by atoms with E-state index in [0.717, 1.165) is 16.8 Å². The maximum atomic E-state index is 14.0. The molecule has 0 bridgehead atoms. The lowest BCUT2D eigenvalue weighted by molar-refractivity contribution is 0.0949. The maximum Gasteiger partial charge on any atom is 0.254 e. The van der Waals surface area contributed by atoms with E-state index in [2.05, 4.69) is 10.3 Å². The van der Waals surface area contributed by atoms with Crippen molar-refractivity contribution in [1.82, 2.24) is 10.3 Å². The Morgan fingerprint density at radius 2 is 2.00 bits per heavy atom. The average molecular weight is 324 g/mol. The summed E-state index contributed by atoms with van der Waals surface area (Å²) in [6.45, 7) is 2.31. The van der Waals surface area contributed by atoms with Crippen LogP contribution in [0.3, 0.4) is 0 Å². The molecule has 0 spiro atoms. The molecule has 7 heteroatoms. The summed E-state index contributed by atoms with van der Waals surface area (Å²) >= 11 is 1.56. The quantitative estimate of drug-likeness (QED) is 0.887. The summed E-state index contributed by atoms with van der Waals surface area (Å²) < 4.78 is 24.0. The highest BCUT2D eigenvalue weighted by Gasteiger charge is 2.16. The zero-order valence-corrected chi connectivity index (χ0v) is 13.4. The molecule has 0 unspecified atom stereocenters. The molecule has 5 nitrogen and oxygen atoms in total. The van der Waals surface area contributed by atoms with Gasteiger partial charge < -0.3 is 14.8 Å². The second-order valence-corrected chi connectivity index (χ2v) is 5.61. The van der Waals surface area contributed by atoms with Crippen LogP contribution < -0.4 is 14.8 Å². The van der Waals surface area contributed by atoms with Crippen LogP contribution in [0.5, 0.6) is 11.5 Å². The van der Waals surface area contributed by atoms with E-state index in [0.29, 0.717) is 18.7 Å². The van der Waals surface area contributed by atoms with Gasteiger partial charge in [-0.2, -0.15) is 0 Å². The van der Waals surface area contributed by atoms with Crippen LogP contribution in [0.15, 0.2) is 17.5 Å². The van der Waals surface area contributed by atoms with Crippen molar-refractivity contribution in [3.63, 3.8) is 0 Å². The van der Waals surface area contributed by atoms with Gasteiger partial charge in [-0.15, -0.1) is 11.3 Å². The minimum absolute atomic E-state index is 0.0768. The Labute approximate surface area is 132 Å². The van der Waals surface area contributed by atoms with Crippen molar-refractivity contribution in [2.45, 2.75) is 13.3 Å². The van der Waals surface area contributed by atoms with Crippen molar-refractivity contribution in [2.24, 2.45) is 0 Å². The summed E-state index contributed by atoms with van der Waals surface area (Å²) in [5.74, 6) is -0.594. The molecule has 0 fully saturated rings. The summed E-state index contributed by atoms with van der Waals surface area (Å²) in [5.41, 5.74) is 0.836. The normalized spacial score (nSPS) is 10.4. The molecule has 0 aliphatic carbocycles. The van der Waals surface area contributed by atoms with Crippen LogP contribution in [0.1, 0.15) is 21.1 Å². The lowest BCUT2D eigenvalue weighted by Crippen LogP contribution is -2.26. The summed E-state index contributed by atoms with van der Waals surface area (Å²) in [7, 11) is 2.84. The van der Waals surface area contributed by atoms with Gasteiger partial charge in [0.1, 0.15) is 5.82 Å². The minimum atomic E-state index is -0.653. The van der Waals surface area contributed by atoms with E-state index < -0.39 is 11.7 Å². The topological polar surface area (TPSA) is 60.5 Å². The molecule has 0 saturated carbocycles. The molecule has 0 aliphatic heterocycles. The van der Waals surface area contributed by atoms with Crippen LogP contribution in [-0.2, 0) is 6.42 Å². The zero-order valence-electron chi connectivity index (χ0n) is 12.6. The number of methoxy groups -OCH3 is 2. The smallest absolute Gasteiger partial charge is 0.254 e. The molecular formula is C15H17FN2O3S. The fourth-order valence-corrected chi connectivity index (χ4v) is 2.60. The molecule has 1 aromatic heterocycles. The van der Waals surface area contributed by atoms with Gasteiger partial charge in [0, 0.05) is 24.4 Å². The molecule has 0 radical (unpaired) electrons. The number of nitrogens with one attached hydrogen (secondary N) is 1. The van der Waals surface area contributed by atoms with Crippen molar-refractivity contribution in [3.8, 4) is 11.5 Å². The fourth-order valence-electron chi connectivity index (χ4n) is 1.95. The Morgan fingerprint density at radius 1 is 1.32 bits per heavy atom. The number of amides is 1. The van der Waals surface area contributed by atoms with Crippen LogP contribution in [0.4, 0.5) is 4.39 Å². The molecule has 0 saturated heterocycles. The largest absolute Gasteiger partial charge is 0.493 e. The highest BCUT2D eigenvalue weighted by atomic mass is 32.1. The van der Waals surface area contributed by atoms with Crippen LogP contribution >= 0.6 is 11.3 Å². The van der Waals surface area contributed by atoms with Crippen LogP contribution in [0.25, 0.3) is 0 Å². The third-order valence-corrected chi connectivity index (χ3v) is 3.87. The van der Waals surface area contributed by atoms with Gasteiger partial charge in [-0.1, -0.05) is 0 Å². The van der Waals surface area contributed by atoms with Gasteiger partial charge in [0.25, 0.3) is 5.91 Å². The predicted molar refractivity (Wildman–Crippen MR) is 82.4 cm³/mol.